The Morgan fingerprint density at radius 1 is 0.982 bits per heavy atom. The minimum atomic E-state index is -1.18. The van der Waals surface area contributed by atoms with Crippen molar-refractivity contribution < 1.29 is 24.2 Å². The van der Waals surface area contributed by atoms with Crippen LogP contribution in [0.4, 0.5) is 0 Å². The van der Waals surface area contributed by atoms with E-state index in [-0.39, 0.29) is 53.9 Å². The summed E-state index contributed by atoms with van der Waals surface area (Å²) in [5, 5.41) is 18.8. The van der Waals surface area contributed by atoms with Gasteiger partial charge < -0.3 is 34.8 Å². The molecule has 1 aliphatic carbocycles. The number of aliphatic hydroxyl groups excluding tert-OH is 1. The first-order valence-electron chi connectivity index (χ1n) is 19.4. The number of carbonyl (C=O) groups is 2. The first kappa shape index (κ1) is 42.2. The summed E-state index contributed by atoms with van der Waals surface area (Å²) >= 11 is 0. The molecule has 5 heterocycles. The second-order valence-corrected chi connectivity index (χ2v) is 15.5. The van der Waals surface area contributed by atoms with Crippen molar-refractivity contribution in [3.05, 3.63) is 102 Å². The zero-order valence-electron chi connectivity index (χ0n) is 34.0. The molecular formula is C45H54MgN4O5-2. The van der Waals surface area contributed by atoms with Gasteiger partial charge in [0, 0.05) is 6.42 Å². The van der Waals surface area contributed by atoms with Crippen LogP contribution >= 0.6 is 0 Å². The summed E-state index contributed by atoms with van der Waals surface area (Å²) in [6.45, 7) is 21.1. The largest absolute Gasteiger partial charge is 2.00 e. The van der Waals surface area contributed by atoms with Gasteiger partial charge >= 0.3 is 35.0 Å². The molecule has 1 fully saturated rings. The predicted molar refractivity (Wildman–Crippen MR) is 219 cm³/mol. The van der Waals surface area contributed by atoms with Crippen LogP contribution in [-0.4, -0.2) is 53.8 Å². The molecule has 8 bridgehead atoms. The molecule has 0 saturated carbocycles. The van der Waals surface area contributed by atoms with Gasteiger partial charge in [0.2, 0.25) is 0 Å². The van der Waals surface area contributed by atoms with E-state index in [9.17, 15) is 14.7 Å². The molecule has 4 atom stereocenters. The standard InChI is InChI=1S/C45H54N4O5.Mg/c1-11-29-25(6)32-20-34-27(8)31(16-17-38(50)54-19-18-24(5)15-13-14-23(3)4)42(48-34)40-41(45(52)53-10)44(51)39-28(9)35(49-43(39)40)22-37-30(12-2)26(7)33(47-37)21-36(29)46-32;/h11,18,20-23,27,31,41,44,51H,1,12-17,19H2,2-10H3;/q-4;+2/b24-18+,33-21-,34-20-,37-22-,42-40-;/t27-,31-,41+,44+;/m0./s1. The summed E-state index contributed by atoms with van der Waals surface area (Å²) in [5.74, 6) is -1.63. The Labute approximate surface area is 341 Å². The Kier molecular flexibility index (Phi) is 13.4. The second kappa shape index (κ2) is 17.4. The number of aliphatic hydroxyl groups is 1. The van der Waals surface area contributed by atoms with Crippen LogP contribution in [0, 0.1) is 44.4 Å². The van der Waals surface area contributed by atoms with Gasteiger partial charge in [0.25, 0.3) is 0 Å². The van der Waals surface area contributed by atoms with E-state index in [1.165, 1.54) is 19.1 Å². The van der Waals surface area contributed by atoms with E-state index < -0.39 is 18.0 Å². The average molecular weight is 755 g/mol. The third-order valence-electron chi connectivity index (χ3n) is 11.6. The van der Waals surface area contributed by atoms with Crippen LogP contribution in [0.5, 0.6) is 0 Å². The van der Waals surface area contributed by atoms with Gasteiger partial charge in [0.05, 0.1) is 13.2 Å². The van der Waals surface area contributed by atoms with Crippen LogP contribution < -0.4 is 25.7 Å². The molecule has 3 aliphatic rings. The summed E-state index contributed by atoms with van der Waals surface area (Å²) in [6, 6.07) is 0. The van der Waals surface area contributed by atoms with E-state index in [0.29, 0.717) is 40.6 Å². The molecule has 2 aliphatic heterocycles. The van der Waals surface area contributed by atoms with Crippen LogP contribution in [0.1, 0.15) is 129 Å². The van der Waals surface area contributed by atoms with E-state index in [1.54, 1.807) is 0 Å². The van der Waals surface area contributed by atoms with Gasteiger partial charge in [-0.3, -0.25) is 9.59 Å². The maximum absolute atomic E-state index is 13.5. The Morgan fingerprint density at radius 3 is 2.36 bits per heavy atom. The molecule has 6 rings (SSSR count). The number of hydrogen-bond acceptors (Lipinski definition) is 5. The molecule has 0 amide bonds. The average Bonchev–Trinajstić information content (AvgIpc) is 3.87. The van der Waals surface area contributed by atoms with Crippen molar-refractivity contribution in [2.45, 2.75) is 100 Å². The fraction of sp³-hybridized carbons (Fsp3) is 0.467. The number of aromatic nitrogens is 3. The maximum Gasteiger partial charge on any atom is 2.00 e. The molecule has 0 unspecified atom stereocenters. The molecule has 0 radical (unpaired) electrons. The summed E-state index contributed by atoms with van der Waals surface area (Å²) in [7, 11) is 1.33. The van der Waals surface area contributed by atoms with E-state index >= 15 is 0 Å². The van der Waals surface area contributed by atoms with E-state index in [0.717, 1.165) is 74.9 Å². The molecule has 9 nitrogen and oxygen atoms in total. The molecule has 288 valence electrons. The number of methoxy groups -OCH3 is 1. The molecule has 3 aromatic rings. The quantitative estimate of drug-likeness (QED) is 0.124. The van der Waals surface area contributed by atoms with Crippen molar-refractivity contribution in [1.82, 2.24) is 15.0 Å². The SMILES string of the molecule is C=Cc1c2[n-]c(c1C)/C=C1\[N-]/C(=C3\c4[n-]c(c(C)c4[C@@H](O)[C@@H]3C(=O)OC)/C=c3\[n-]/c(c(C)c3CC)=C\2)[C@@H](CCC(=O)OC/C=C(\C)CCCC(C)C)[C@@H]1C.[Mg+2]. The molecular weight excluding hydrogens is 701 g/mol. The number of rotatable bonds is 12. The number of nitrogens with zero attached hydrogens (tertiary/aromatic N) is 4. The van der Waals surface area contributed by atoms with Gasteiger partial charge in [-0.15, -0.1) is 33.5 Å². The van der Waals surface area contributed by atoms with Crippen molar-refractivity contribution in [3.63, 3.8) is 0 Å². The molecule has 3 aromatic heterocycles. The fourth-order valence-corrected chi connectivity index (χ4v) is 8.35. The first-order valence-corrected chi connectivity index (χ1v) is 19.4. The van der Waals surface area contributed by atoms with Crippen molar-refractivity contribution in [3.8, 4) is 0 Å². The van der Waals surface area contributed by atoms with Crippen molar-refractivity contribution in [2.75, 3.05) is 13.7 Å². The third kappa shape index (κ3) is 8.14. The molecule has 1 N–H and O–H groups in total. The first-order chi connectivity index (χ1) is 25.8. The topological polar surface area (TPSA) is 129 Å². The van der Waals surface area contributed by atoms with Crippen LogP contribution in [0.25, 0.3) is 35.2 Å². The minimum Gasteiger partial charge on any atom is -0.664 e. The van der Waals surface area contributed by atoms with Gasteiger partial charge in [-0.05, 0) is 88.3 Å². The van der Waals surface area contributed by atoms with Gasteiger partial charge in [-0.25, -0.2) is 0 Å². The Morgan fingerprint density at radius 2 is 1.69 bits per heavy atom. The molecule has 10 heteroatoms. The van der Waals surface area contributed by atoms with Crippen molar-refractivity contribution >= 4 is 64.9 Å². The van der Waals surface area contributed by atoms with Crippen LogP contribution in [-0.2, 0) is 25.5 Å². The number of allylic oxidation sites excluding steroid dienone is 3. The number of carbonyl (C=O) groups excluding carboxylic acids is 2. The predicted octanol–water partition coefficient (Wildman–Crippen LogP) is 6.60. The summed E-state index contributed by atoms with van der Waals surface area (Å²) in [6.07, 6.45) is 13.3. The van der Waals surface area contributed by atoms with Crippen LogP contribution in [0.2, 0.25) is 0 Å². The zero-order chi connectivity index (χ0) is 39.0. The Bertz CT molecular complexity index is 2190. The monoisotopic (exact) mass is 754 g/mol. The number of hydrogen-bond donors (Lipinski definition) is 1. The molecule has 0 spiro atoms. The molecule has 0 aromatic carbocycles. The summed E-state index contributed by atoms with van der Waals surface area (Å²) in [4.78, 5) is 42.0. The third-order valence-corrected chi connectivity index (χ3v) is 11.6. The van der Waals surface area contributed by atoms with E-state index in [2.05, 4.69) is 48.1 Å². The number of ether oxygens (including phenoxy) is 2. The van der Waals surface area contributed by atoms with Gasteiger partial charge in [0.15, 0.2) is 0 Å². The van der Waals surface area contributed by atoms with Gasteiger partial charge in [-0.1, -0.05) is 98.4 Å². The van der Waals surface area contributed by atoms with Crippen molar-refractivity contribution in [2.24, 2.45) is 23.7 Å². The van der Waals surface area contributed by atoms with E-state index in [4.69, 9.17) is 29.7 Å². The maximum atomic E-state index is 13.5. The van der Waals surface area contributed by atoms with Crippen molar-refractivity contribution in [1.29, 1.82) is 0 Å². The summed E-state index contributed by atoms with van der Waals surface area (Å²) in [5.41, 5.74) is 11.4. The van der Waals surface area contributed by atoms with Gasteiger partial charge in [-0.2, -0.15) is 11.4 Å². The van der Waals surface area contributed by atoms with E-state index in [1.807, 2.05) is 44.2 Å². The minimum absolute atomic E-state index is 0. The van der Waals surface area contributed by atoms with Gasteiger partial charge in [0.1, 0.15) is 12.5 Å². The normalized spacial score (nSPS) is 23.5. The Hall–Kier alpha value is -3.99. The molecule has 55 heavy (non-hydrogen) atoms. The Balaban J connectivity index is 0.00000580. The number of esters is 2. The zero-order valence-corrected chi connectivity index (χ0v) is 35.4. The summed E-state index contributed by atoms with van der Waals surface area (Å²) < 4.78 is 11.0. The molecule has 1 saturated heterocycles. The van der Waals surface area contributed by atoms with Crippen LogP contribution in [0.15, 0.2) is 29.6 Å². The number of fused-ring (bicyclic) bond motifs is 7. The second-order valence-electron chi connectivity index (χ2n) is 15.5. The smallest absolute Gasteiger partial charge is 0.664 e. The van der Waals surface area contributed by atoms with Crippen LogP contribution in [0.3, 0.4) is 0 Å². The fourth-order valence-electron chi connectivity index (χ4n) is 8.35.